The second-order valence-electron chi connectivity index (χ2n) is 6.52. The number of hydrogen-bond donors (Lipinski definition) is 2. The number of carbonyl (C=O) groups is 2. The van der Waals surface area contributed by atoms with E-state index in [-0.39, 0.29) is 16.5 Å². The number of ether oxygens (including phenoxy) is 1. The van der Waals surface area contributed by atoms with Crippen molar-refractivity contribution in [3.8, 4) is 5.75 Å². The Morgan fingerprint density at radius 3 is 2.13 bits per heavy atom. The number of nitrogens with zero attached hydrogens (tertiary/aromatic N) is 1. The third-order valence-electron chi connectivity index (χ3n) is 4.41. The number of methoxy groups -OCH3 is 1. The Balaban J connectivity index is 1.63. The van der Waals surface area contributed by atoms with E-state index in [0.29, 0.717) is 27.7 Å². The number of halogens is 2. The van der Waals surface area contributed by atoms with Crippen molar-refractivity contribution in [1.82, 2.24) is 5.43 Å². The normalized spacial score (nSPS) is 11.0. The quantitative estimate of drug-likeness (QED) is 0.385. The lowest BCUT2D eigenvalue weighted by Crippen LogP contribution is -2.19. The zero-order chi connectivity index (χ0) is 22.4. The molecule has 0 aliphatic heterocycles. The van der Waals surface area contributed by atoms with E-state index < -0.39 is 5.91 Å². The molecule has 6 nitrogen and oxygen atoms in total. The summed E-state index contributed by atoms with van der Waals surface area (Å²) in [5.41, 5.74) is 5.28. The van der Waals surface area contributed by atoms with Gasteiger partial charge in [-0.1, -0.05) is 35.3 Å². The summed E-state index contributed by atoms with van der Waals surface area (Å²) in [6, 6.07) is 18.5. The van der Waals surface area contributed by atoms with Crippen molar-refractivity contribution in [3.05, 3.63) is 93.5 Å². The summed E-state index contributed by atoms with van der Waals surface area (Å²) < 4.78 is 5.09. The van der Waals surface area contributed by atoms with Crippen molar-refractivity contribution in [2.75, 3.05) is 12.4 Å². The van der Waals surface area contributed by atoms with Crippen LogP contribution in [0.2, 0.25) is 10.0 Å². The van der Waals surface area contributed by atoms with E-state index in [9.17, 15) is 9.59 Å². The molecule has 0 aliphatic rings. The predicted octanol–water partition coefficient (Wildman–Crippen LogP) is 5.41. The van der Waals surface area contributed by atoms with Crippen LogP contribution in [0.25, 0.3) is 0 Å². The summed E-state index contributed by atoms with van der Waals surface area (Å²) in [7, 11) is 1.57. The van der Waals surface area contributed by atoms with Crippen molar-refractivity contribution in [3.63, 3.8) is 0 Å². The van der Waals surface area contributed by atoms with Gasteiger partial charge in [-0.05, 0) is 67.1 Å². The molecule has 0 bridgehead atoms. The first-order valence-electron chi connectivity index (χ1n) is 9.23. The third kappa shape index (κ3) is 5.84. The van der Waals surface area contributed by atoms with Gasteiger partial charge in [-0.25, -0.2) is 5.43 Å². The summed E-state index contributed by atoms with van der Waals surface area (Å²) in [6.45, 7) is 1.76. The molecule has 2 N–H and O–H groups in total. The van der Waals surface area contributed by atoms with Gasteiger partial charge in [0.1, 0.15) is 5.75 Å². The summed E-state index contributed by atoms with van der Waals surface area (Å²) in [4.78, 5) is 24.6. The number of benzene rings is 3. The van der Waals surface area contributed by atoms with E-state index in [1.165, 1.54) is 12.1 Å². The summed E-state index contributed by atoms with van der Waals surface area (Å²) in [5, 5.41) is 7.63. The van der Waals surface area contributed by atoms with Gasteiger partial charge in [0.25, 0.3) is 11.8 Å². The second-order valence-corrected chi connectivity index (χ2v) is 7.37. The molecule has 0 fully saturated rings. The fraction of sp³-hybridized carbons (Fsp3) is 0.0870. The number of carbonyl (C=O) groups excluding carboxylic acids is 2. The highest BCUT2D eigenvalue weighted by molar-refractivity contribution is 6.36. The van der Waals surface area contributed by atoms with Crippen molar-refractivity contribution in [2.45, 2.75) is 6.92 Å². The molecule has 0 radical (unpaired) electrons. The van der Waals surface area contributed by atoms with Gasteiger partial charge in [-0.3, -0.25) is 9.59 Å². The standard InChI is InChI=1S/C23H19Cl2N3O3/c1-14(27-28-23(30)20-12-7-17(24)13-21(20)25)15-3-8-18(9-4-15)26-22(29)16-5-10-19(31-2)11-6-16/h3-13H,1-2H3,(H,26,29)(H,28,30)/b27-14-. The van der Waals surface area contributed by atoms with Gasteiger partial charge >= 0.3 is 0 Å². The minimum absolute atomic E-state index is 0.229. The number of rotatable bonds is 6. The average Bonchev–Trinajstić information content (AvgIpc) is 2.77. The lowest BCUT2D eigenvalue weighted by molar-refractivity contribution is 0.0954. The molecule has 3 rings (SSSR count). The molecule has 0 spiro atoms. The maximum atomic E-state index is 12.4. The number of hydrazone groups is 1. The van der Waals surface area contributed by atoms with Crippen LogP contribution in [0.5, 0.6) is 5.75 Å². The monoisotopic (exact) mass is 455 g/mol. The van der Waals surface area contributed by atoms with Gasteiger partial charge in [0, 0.05) is 16.3 Å². The smallest absolute Gasteiger partial charge is 0.272 e. The Hall–Kier alpha value is -3.35. The molecule has 8 heteroatoms. The molecule has 3 aromatic rings. The molecule has 0 aromatic heterocycles. The van der Waals surface area contributed by atoms with Crippen LogP contribution >= 0.6 is 23.2 Å². The molecule has 3 aromatic carbocycles. The van der Waals surface area contributed by atoms with Gasteiger partial charge in [0.2, 0.25) is 0 Å². The van der Waals surface area contributed by atoms with E-state index in [1.54, 1.807) is 68.6 Å². The highest BCUT2D eigenvalue weighted by Gasteiger charge is 2.11. The van der Waals surface area contributed by atoms with Gasteiger partial charge in [0.05, 0.1) is 23.4 Å². The molecule has 31 heavy (non-hydrogen) atoms. The first kappa shape index (κ1) is 22.3. The number of nitrogens with one attached hydrogen (secondary N) is 2. The Kier molecular flexibility index (Phi) is 7.28. The lowest BCUT2D eigenvalue weighted by atomic mass is 10.1. The first-order chi connectivity index (χ1) is 14.9. The van der Waals surface area contributed by atoms with E-state index in [2.05, 4.69) is 15.8 Å². The Bertz CT molecular complexity index is 1130. The number of amides is 2. The van der Waals surface area contributed by atoms with E-state index >= 15 is 0 Å². The van der Waals surface area contributed by atoms with Crippen molar-refractivity contribution < 1.29 is 14.3 Å². The van der Waals surface area contributed by atoms with Crippen LogP contribution in [0, 0.1) is 0 Å². The topological polar surface area (TPSA) is 79.8 Å². The molecular formula is C23H19Cl2N3O3. The minimum atomic E-state index is -0.440. The molecular weight excluding hydrogens is 437 g/mol. The summed E-state index contributed by atoms with van der Waals surface area (Å²) >= 11 is 11.9. The zero-order valence-electron chi connectivity index (χ0n) is 16.8. The molecule has 0 aliphatic carbocycles. The molecule has 0 atom stereocenters. The van der Waals surface area contributed by atoms with Crippen molar-refractivity contribution in [2.24, 2.45) is 5.10 Å². The van der Waals surface area contributed by atoms with Crippen LogP contribution < -0.4 is 15.5 Å². The van der Waals surface area contributed by atoms with Crippen LogP contribution in [0.15, 0.2) is 71.8 Å². The van der Waals surface area contributed by atoms with E-state index in [4.69, 9.17) is 27.9 Å². The van der Waals surface area contributed by atoms with Crippen LogP contribution in [0.3, 0.4) is 0 Å². The average molecular weight is 456 g/mol. The second kappa shape index (κ2) is 10.1. The third-order valence-corrected chi connectivity index (χ3v) is 4.96. The Morgan fingerprint density at radius 2 is 1.52 bits per heavy atom. The molecule has 0 heterocycles. The maximum Gasteiger partial charge on any atom is 0.272 e. The zero-order valence-corrected chi connectivity index (χ0v) is 18.3. The highest BCUT2D eigenvalue weighted by Crippen LogP contribution is 2.21. The summed E-state index contributed by atoms with van der Waals surface area (Å²) in [5.74, 6) is 0.0124. The highest BCUT2D eigenvalue weighted by atomic mass is 35.5. The Morgan fingerprint density at radius 1 is 0.871 bits per heavy atom. The van der Waals surface area contributed by atoms with Crippen LogP contribution in [0.1, 0.15) is 33.2 Å². The van der Waals surface area contributed by atoms with Crippen LogP contribution in [-0.4, -0.2) is 24.6 Å². The predicted molar refractivity (Wildman–Crippen MR) is 124 cm³/mol. The minimum Gasteiger partial charge on any atom is -0.497 e. The summed E-state index contributed by atoms with van der Waals surface area (Å²) in [6.07, 6.45) is 0. The molecule has 158 valence electrons. The molecule has 0 unspecified atom stereocenters. The maximum absolute atomic E-state index is 12.4. The fourth-order valence-electron chi connectivity index (χ4n) is 2.67. The Labute approximate surface area is 189 Å². The molecule has 0 saturated carbocycles. The largest absolute Gasteiger partial charge is 0.497 e. The first-order valence-corrected chi connectivity index (χ1v) is 9.98. The lowest BCUT2D eigenvalue weighted by Gasteiger charge is -2.08. The SMILES string of the molecule is COc1ccc(C(=O)Nc2ccc(/C(C)=N\NC(=O)c3ccc(Cl)cc3Cl)cc2)cc1. The molecule has 2 amide bonds. The molecule has 0 saturated heterocycles. The van der Waals surface area contributed by atoms with Gasteiger partial charge < -0.3 is 10.1 Å². The van der Waals surface area contributed by atoms with Gasteiger partial charge in [0.15, 0.2) is 0 Å². The van der Waals surface area contributed by atoms with E-state index in [0.717, 1.165) is 5.56 Å². The number of anilines is 1. The van der Waals surface area contributed by atoms with Crippen LogP contribution in [0.4, 0.5) is 5.69 Å². The van der Waals surface area contributed by atoms with Crippen molar-refractivity contribution >= 4 is 46.4 Å². The number of hydrogen-bond acceptors (Lipinski definition) is 4. The van der Waals surface area contributed by atoms with Crippen LogP contribution in [-0.2, 0) is 0 Å². The van der Waals surface area contributed by atoms with Gasteiger partial charge in [-0.2, -0.15) is 5.10 Å². The van der Waals surface area contributed by atoms with E-state index in [1.807, 2.05) is 0 Å². The van der Waals surface area contributed by atoms with Crippen molar-refractivity contribution in [1.29, 1.82) is 0 Å². The van der Waals surface area contributed by atoms with Gasteiger partial charge in [-0.15, -0.1) is 0 Å². The fourth-order valence-corrected chi connectivity index (χ4v) is 3.17.